The van der Waals surface area contributed by atoms with Gasteiger partial charge in [0, 0.05) is 40.4 Å². The molecular weight excluding hydrogens is 288 g/mol. The minimum absolute atomic E-state index is 0.00734. The second-order valence-corrected chi connectivity index (χ2v) is 5.31. The predicted octanol–water partition coefficient (Wildman–Crippen LogP) is 1.07. The molecule has 0 aromatic carbocycles. The van der Waals surface area contributed by atoms with E-state index >= 15 is 0 Å². The van der Waals surface area contributed by atoms with Crippen LogP contribution in [-0.2, 0) is 4.74 Å². The Balaban J connectivity index is 2.05. The quantitative estimate of drug-likeness (QED) is 0.362. The molecule has 0 aliphatic heterocycles. The van der Waals surface area contributed by atoms with Crippen molar-refractivity contribution in [3.63, 3.8) is 0 Å². The van der Waals surface area contributed by atoms with Gasteiger partial charge in [0.25, 0.3) is 5.91 Å². The van der Waals surface area contributed by atoms with Crippen molar-refractivity contribution >= 4 is 23.2 Å². The van der Waals surface area contributed by atoms with Gasteiger partial charge < -0.3 is 20.7 Å². The summed E-state index contributed by atoms with van der Waals surface area (Å²) < 4.78 is 4.98. The third kappa shape index (κ3) is 7.67. The number of hydrogen-bond donors (Lipinski definition) is 3. The fourth-order valence-corrected chi connectivity index (χ4v) is 2.28. The van der Waals surface area contributed by atoms with Crippen LogP contribution in [0.3, 0.4) is 0 Å². The van der Waals surface area contributed by atoms with E-state index in [1.165, 1.54) is 11.3 Å². The fraction of sp³-hybridized carbons (Fsp3) is 0.571. The van der Waals surface area contributed by atoms with Crippen molar-refractivity contribution in [3.8, 4) is 0 Å². The molecule has 0 aliphatic carbocycles. The molecule has 3 N–H and O–H groups in total. The normalized spacial score (nSPS) is 11.2. The number of guanidine groups is 1. The molecule has 6 nitrogen and oxygen atoms in total. The average Bonchev–Trinajstić information content (AvgIpc) is 3.03. The summed E-state index contributed by atoms with van der Waals surface area (Å²) in [6.07, 6.45) is 1.78. The largest absolute Gasteiger partial charge is 0.385 e. The van der Waals surface area contributed by atoms with Crippen LogP contribution in [-0.4, -0.2) is 52.3 Å². The third-order valence-corrected chi connectivity index (χ3v) is 3.59. The summed E-state index contributed by atoms with van der Waals surface area (Å²) in [5.74, 6) is 0.766. The van der Waals surface area contributed by atoms with Gasteiger partial charge in [-0.1, -0.05) is 6.07 Å². The summed E-state index contributed by atoms with van der Waals surface area (Å²) in [5, 5.41) is 11.2. The van der Waals surface area contributed by atoms with E-state index in [0.717, 1.165) is 43.4 Å². The minimum atomic E-state index is -0.00734. The number of methoxy groups -OCH3 is 1. The molecule has 7 heteroatoms. The summed E-state index contributed by atoms with van der Waals surface area (Å²) >= 11 is 1.45. The first-order valence-corrected chi connectivity index (χ1v) is 7.91. The van der Waals surface area contributed by atoms with Crippen molar-refractivity contribution in [1.82, 2.24) is 16.0 Å². The Morgan fingerprint density at radius 1 is 1.24 bits per heavy atom. The van der Waals surface area contributed by atoms with Crippen LogP contribution in [0.4, 0.5) is 0 Å². The van der Waals surface area contributed by atoms with Gasteiger partial charge in [-0.05, 0) is 24.3 Å². The molecule has 0 bridgehead atoms. The number of ether oxygens (including phenoxy) is 1. The Labute approximate surface area is 130 Å². The Kier molecular flexibility index (Phi) is 9.23. The van der Waals surface area contributed by atoms with Crippen molar-refractivity contribution in [1.29, 1.82) is 0 Å². The van der Waals surface area contributed by atoms with Gasteiger partial charge in [-0.15, -0.1) is 11.3 Å². The fourth-order valence-electron chi connectivity index (χ4n) is 1.64. The number of amides is 1. The molecule has 1 aromatic heterocycles. The van der Waals surface area contributed by atoms with Crippen molar-refractivity contribution in [2.24, 2.45) is 4.99 Å². The van der Waals surface area contributed by atoms with Gasteiger partial charge in [0.15, 0.2) is 5.96 Å². The Morgan fingerprint density at radius 2 is 1.95 bits per heavy atom. The standard InChI is InChI=1S/C14H24N4O2S/c1-15-14(18-9-5-10-20-2)17-8-4-7-16-13(19)12-6-3-11-21-12/h3,6,11H,4-5,7-10H2,1-2H3,(H,16,19)(H2,15,17,18). The highest BCUT2D eigenvalue weighted by atomic mass is 32.1. The van der Waals surface area contributed by atoms with Crippen LogP contribution in [0.5, 0.6) is 0 Å². The van der Waals surface area contributed by atoms with Gasteiger partial charge in [-0.2, -0.15) is 0 Å². The molecule has 0 atom stereocenters. The molecule has 0 radical (unpaired) electrons. The molecule has 0 saturated carbocycles. The molecule has 118 valence electrons. The molecule has 1 rings (SSSR count). The van der Waals surface area contributed by atoms with Crippen LogP contribution in [0, 0.1) is 0 Å². The number of carbonyl (C=O) groups is 1. The minimum Gasteiger partial charge on any atom is -0.385 e. The number of nitrogens with one attached hydrogen (secondary N) is 3. The van der Waals surface area contributed by atoms with E-state index in [2.05, 4.69) is 20.9 Å². The first-order chi connectivity index (χ1) is 10.3. The van der Waals surface area contributed by atoms with Crippen LogP contribution in [0.25, 0.3) is 0 Å². The SMILES string of the molecule is CN=C(NCCCNC(=O)c1cccs1)NCCCOC. The lowest BCUT2D eigenvalue weighted by Crippen LogP contribution is -2.39. The summed E-state index contributed by atoms with van der Waals surface area (Å²) in [6, 6.07) is 3.70. The molecule has 0 spiro atoms. The lowest BCUT2D eigenvalue weighted by Gasteiger charge is -2.11. The second-order valence-electron chi connectivity index (χ2n) is 4.36. The van der Waals surface area contributed by atoms with Crippen molar-refractivity contribution in [3.05, 3.63) is 22.4 Å². The Hall–Kier alpha value is -1.60. The highest BCUT2D eigenvalue weighted by molar-refractivity contribution is 7.12. The molecule has 0 aliphatic rings. The van der Waals surface area contributed by atoms with E-state index in [9.17, 15) is 4.79 Å². The highest BCUT2D eigenvalue weighted by Crippen LogP contribution is 2.07. The molecule has 1 aromatic rings. The maximum absolute atomic E-state index is 11.7. The van der Waals surface area contributed by atoms with E-state index in [-0.39, 0.29) is 5.91 Å². The first kappa shape index (κ1) is 17.5. The number of carbonyl (C=O) groups excluding carboxylic acids is 1. The molecule has 0 unspecified atom stereocenters. The summed E-state index contributed by atoms with van der Waals surface area (Å²) in [7, 11) is 3.43. The van der Waals surface area contributed by atoms with Gasteiger partial charge in [-0.3, -0.25) is 9.79 Å². The molecular formula is C14H24N4O2S. The lowest BCUT2D eigenvalue weighted by molar-refractivity contribution is 0.0957. The lowest BCUT2D eigenvalue weighted by atomic mass is 10.4. The monoisotopic (exact) mass is 312 g/mol. The van der Waals surface area contributed by atoms with Crippen molar-refractivity contribution in [2.75, 3.05) is 40.4 Å². The van der Waals surface area contributed by atoms with Gasteiger partial charge in [0.05, 0.1) is 4.88 Å². The number of rotatable bonds is 9. The van der Waals surface area contributed by atoms with Crippen LogP contribution in [0.15, 0.2) is 22.5 Å². The molecule has 0 saturated heterocycles. The van der Waals surface area contributed by atoms with Gasteiger partial charge in [0.2, 0.25) is 0 Å². The number of hydrogen-bond acceptors (Lipinski definition) is 4. The van der Waals surface area contributed by atoms with E-state index in [0.29, 0.717) is 6.54 Å². The number of thiophene rings is 1. The highest BCUT2D eigenvalue weighted by Gasteiger charge is 2.04. The maximum Gasteiger partial charge on any atom is 0.261 e. The van der Waals surface area contributed by atoms with Crippen molar-refractivity contribution < 1.29 is 9.53 Å². The van der Waals surface area contributed by atoms with Crippen LogP contribution >= 0.6 is 11.3 Å². The zero-order chi connectivity index (χ0) is 15.3. The predicted molar refractivity (Wildman–Crippen MR) is 87.1 cm³/mol. The van der Waals surface area contributed by atoms with Gasteiger partial charge >= 0.3 is 0 Å². The number of aliphatic imine (C=N–C) groups is 1. The summed E-state index contributed by atoms with van der Waals surface area (Å²) in [5.41, 5.74) is 0. The van der Waals surface area contributed by atoms with E-state index in [4.69, 9.17) is 4.74 Å². The Morgan fingerprint density at radius 3 is 2.57 bits per heavy atom. The smallest absolute Gasteiger partial charge is 0.261 e. The molecule has 1 heterocycles. The van der Waals surface area contributed by atoms with E-state index < -0.39 is 0 Å². The van der Waals surface area contributed by atoms with Crippen LogP contribution < -0.4 is 16.0 Å². The van der Waals surface area contributed by atoms with E-state index in [1.54, 1.807) is 14.2 Å². The van der Waals surface area contributed by atoms with E-state index in [1.807, 2.05) is 17.5 Å². The average molecular weight is 312 g/mol. The summed E-state index contributed by atoms with van der Waals surface area (Å²) in [4.78, 5) is 16.6. The molecule has 1 amide bonds. The topological polar surface area (TPSA) is 74.8 Å². The second kappa shape index (κ2) is 11.1. The van der Waals surface area contributed by atoms with Crippen LogP contribution in [0.1, 0.15) is 22.5 Å². The van der Waals surface area contributed by atoms with Gasteiger partial charge in [0.1, 0.15) is 0 Å². The maximum atomic E-state index is 11.7. The molecule has 0 fully saturated rings. The zero-order valence-electron chi connectivity index (χ0n) is 12.6. The zero-order valence-corrected chi connectivity index (χ0v) is 13.5. The molecule has 21 heavy (non-hydrogen) atoms. The summed E-state index contributed by atoms with van der Waals surface area (Å²) in [6.45, 7) is 2.96. The Bertz CT molecular complexity index is 421. The first-order valence-electron chi connectivity index (χ1n) is 7.03. The van der Waals surface area contributed by atoms with Crippen LogP contribution in [0.2, 0.25) is 0 Å². The van der Waals surface area contributed by atoms with Crippen molar-refractivity contribution in [2.45, 2.75) is 12.8 Å². The third-order valence-electron chi connectivity index (χ3n) is 2.72. The number of nitrogens with zero attached hydrogens (tertiary/aromatic N) is 1. The van der Waals surface area contributed by atoms with Gasteiger partial charge in [-0.25, -0.2) is 0 Å².